The van der Waals surface area contributed by atoms with Crippen LogP contribution in [0.3, 0.4) is 0 Å². The molecule has 0 bridgehead atoms. The van der Waals surface area contributed by atoms with E-state index in [4.69, 9.17) is 4.74 Å². The molecule has 3 aromatic rings. The predicted octanol–water partition coefficient (Wildman–Crippen LogP) is 5.21. The van der Waals surface area contributed by atoms with E-state index in [2.05, 4.69) is 21.2 Å². The molecule has 10 heteroatoms. The van der Waals surface area contributed by atoms with E-state index in [9.17, 15) is 18.0 Å². The van der Waals surface area contributed by atoms with Crippen LogP contribution in [0.25, 0.3) is 0 Å². The minimum atomic E-state index is -4.18. The van der Waals surface area contributed by atoms with Gasteiger partial charge >= 0.3 is 0 Å². The number of methoxy groups -OCH3 is 1. The fourth-order valence-corrected chi connectivity index (χ4v) is 6.29. The molecule has 0 spiro atoms. The van der Waals surface area contributed by atoms with Crippen LogP contribution in [-0.4, -0.2) is 51.4 Å². The van der Waals surface area contributed by atoms with Gasteiger partial charge in [-0.2, -0.15) is 0 Å². The zero-order chi connectivity index (χ0) is 29.4. The van der Waals surface area contributed by atoms with E-state index in [-0.39, 0.29) is 17.3 Å². The van der Waals surface area contributed by atoms with Crippen molar-refractivity contribution in [3.63, 3.8) is 0 Å². The zero-order valence-corrected chi connectivity index (χ0v) is 25.9. The number of hydrogen-bond donors (Lipinski definition) is 1. The summed E-state index contributed by atoms with van der Waals surface area (Å²) >= 11 is 3.36. The topological polar surface area (TPSA) is 96.0 Å². The number of nitrogens with one attached hydrogen (secondary N) is 1. The number of ether oxygens (including phenoxy) is 1. The Balaban J connectivity index is 2.04. The van der Waals surface area contributed by atoms with Crippen LogP contribution in [0.2, 0.25) is 0 Å². The number of hydrogen-bond acceptors (Lipinski definition) is 5. The summed E-state index contributed by atoms with van der Waals surface area (Å²) in [4.78, 5) is 28.3. The Hall–Kier alpha value is -3.37. The molecule has 0 aliphatic rings. The molecular formula is C30H36BrN3O5S. The first kappa shape index (κ1) is 31.2. The second kappa shape index (κ2) is 13.8. The van der Waals surface area contributed by atoms with Crippen molar-refractivity contribution in [1.29, 1.82) is 0 Å². The van der Waals surface area contributed by atoms with E-state index in [0.29, 0.717) is 22.5 Å². The highest BCUT2D eigenvalue weighted by molar-refractivity contribution is 9.10. The van der Waals surface area contributed by atoms with Crippen molar-refractivity contribution < 1.29 is 22.7 Å². The highest BCUT2D eigenvalue weighted by Crippen LogP contribution is 2.31. The maximum absolute atomic E-state index is 14.0. The third-order valence-electron chi connectivity index (χ3n) is 6.46. The molecule has 0 heterocycles. The van der Waals surface area contributed by atoms with Crippen LogP contribution in [-0.2, 0) is 26.2 Å². The lowest BCUT2D eigenvalue weighted by atomic mass is 10.1. The fourth-order valence-electron chi connectivity index (χ4n) is 4.16. The van der Waals surface area contributed by atoms with Gasteiger partial charge in [-0.05, 0) is 79.0 Å². The summed E-state index contributed by atoms with van der Waals surface area (Å²) in [7, 11) is -2.69. The zero-order valence-electron chi connectivity index (χ0n) is 23.5. The molecular weight excluding hydrogens is 594 g/mol. The van der Waals surface area contributed by atoms with E-state index in [1.165, 1.54) is 24.1 Å². The van der Waals surface area contributed by atoms with Crippen molar-refractivity contribution in [2.45, 2.75) is 51.6 Å². The van der Waals surface area contributed by atoms with E-state index in [1.807, 2.05) is 45.0 Å². The summed E-state index contributed by atoms with van der Waals surface area (Å²) in [5.74, 6) is -0.322. The molecule has 3 rings (SSSR count). The number of aryl methyl sites for hydroxylation is 2. The molecule has 0 aliphatic carbocycles. The van der Waals surface area contributed by atoms with Crippen LogP contribution in [0, 0.1) is 13.8 Å². The average Bonchev–Trinajstić information content (AvgIpc) is 2.93. The lowest BCUT2D eigenvalue weighted by molar-refractivity contribution is -0.139. The van der Waals surface area contributed by atoms with Crippen molar-refractivity contribution in [1.82, 2.24) is 10.2 Å². The molecule has 0 saturated heterocycles. The normalized spacial score (nSPS) is 11.9. The van der Waals surface area contributed by atoms with Crippen molar-refractivity contribution in [3.05, 3.63) is 87.9 Å². The third-order valence-corrected chi connectivity index (χ3v) is 8.85. The van der Waals surface area contributed by atoms with Gasteiger partial charge in [0.2, 0.25) is 11.8 Å². The highest BCUT2D eigenvalue weighted by atomic mass is 79.9. The van der Waals surface area contributed by atoms with E-state index in [1.54, 1.807) is 37.3 Å². The first-order chi connectivity index (χ1) is 19.0. The van der Waals surface area contributed by atoms with Gasteiger partial charge in [-0.3, -0.25) is 13.9 Å². The number of nitrogens with zero attached hydrogens (tertiary/aromatic N) is 2. The Morgan fingerprint density at radius 3 is 2.30 bits per heavy atom. The van der Waals surface area contributed by atoms with Gasteiger partial charge in [0, 0.05) is 13.1 Å². The van der Waals surface area contributed by atoms with Gasteiger partial charge in [-0.15, -0.1) is 0 Å². The number of anilines is 1. The van der Waals surface area contributed by atoms with E-state index in [0.717, 1.165) is 27.4 Å². The molecule has 1 atom stereocenters. The molecule has 214 valence electrons. The SMILES string of the molecule is CCCNC(=O)[C@H](C)N(Cc1cccc(C)c1)C(=O)CN(c1ccc(C)cc1)S(=O)(=O)c1ccc(OC)c(Br)c1. The van der Waals surface area contributed by atoms with E-state index >= 15 is 0 Å². The lowest BCUT2D eigenvalue weighted by Crippen LogP contribution is -2.51. The molecule has 1 N–H and O–H groups in total. The molecule has 0 unspecified atom stereocenters. The average molecular weight is 631 g/mol. The van der Waals surface area contributed by atoms with Crippen LogP contribution in [0.15, 0.2) is 76.1 Å². The third kappa shape index (κ3) is 7.63. The number of halogens is 1. The number of amides is 2. The van der Waals surface area contributed by atoms with Crippen molar-refractivity contribution in [3.8, 4) is 5.75 Å². The monoisotopic (exact) mass is 629 g/mol. The van der Waals surface area contributed by atoms with Crippen LogP contribution in [0.5, 0.6) is 5.75 Å². The number of carbonyl (C=O) groups excluding carboxylic acids is 2. The predicted molar refractivity (Wildman–Crippen MR) is 161 cm³/mol. The largest absolute Gasteiger partial charge is 0.496 e. The van der Waals surface area contributed by atoms with Gasteiger partial charge in [0.15, 0.2) is 0 Å². The smallest absolute Gasteiger partial charge is 0.264 e. The van der Waals surface area contributed by atoms with Gasteiger partial charge in [-0.1, -0.05) is 54.4 Å². The summed E-state index contributed by atoms with van der Waals surface area (Å²) < 4.78 is 34.8. The fraction of sp³-hybridized carbons (Fsp3) is 0.333. The van der Waals surface area contributed by atoms with Crippen LogP contribution in [0.1, 0.15) is 37.0 Å². The Morgan fingerprint density at radius 1 is 1.00 bits per heavy atom. The van der Waals surface area contributed by atoms with Gasteiger partial charge in [0.1, 0.15) is 18.3 Å². The maximum atomic E-state index is 14.0. The summed E-state index contributed by atoms with van der Waals surface area (Å²) in [5, 5.41) is 2.85. The number of rotatable bonds is 12. The van der Waals surface area contributed by atoms with Gasteiger partial charge in [0.05, 0.1) is 22.2 Å². The summed E-state index contributed by atoms with van der Waals surface area (Å²) in [6.45, 7) is 7.59. The first-order valence-corrected chi connectivity index (χ1v) is 15.3. The van der Waals surface area contributed by atoms with E-state index < -0.39 is 28.5 Å². The second-order valence-electron chi connectivity index (χ2n) is 9.62. The summed E-state index contributed by atoms with van der Waals surface area (Å²) in [6, 6.07) is 18.2. The minimum Gasteiger partial charge on any atom is -0.496 e. The molecule has 8 nitrogen and oxygen atoms in total. The Morgan fingerprint density at radius 2 is 1.70 bits per heavy atom. The maximum Gasteiger partial charge on any atom is 0.264 e. The van der Waals surface area contributed by atoms with Crippen molar-refractivity contribution >= 4 is 43.5 Å². The quantitative estimate of drug-likeness (QED) is 0.297. The molecule has 0 saturated carbocycles. The van der Waals surface area contributed by atoms with Crippen molar-refractivity contribution in [2.75, 3.05) is 24.5 Å². The first-order valence-electron chi connectivity index (χ1n) is 13.0. The molecule has 40 heavy (non-hydrogen) atoms. The number of benzene rings is 3. The Kier molecular flexibility index (Phi) is 10.8. The Labute approximate surface area is 245 Å². The standard InChI is InChI=1S/C30H36BrN3O5S/c1-6-16-32-30(36)23(4)33(19-24-9-7-8-22(3)17-24)29(35)20-34(25-12-10-21(2)11-13-25)40(37,38)26-14-15-28(39-5)27(31)18-26/h7-15,17-18,23H,6,16,19-20H2,1-5H3,(H,32,36)/t23-/m0/s1. The summed E-state index contributed by atoms with van der Waals surface area (Å²) in [6.07, 6.45) is 0.751. The van der Waals surface area contributed by atoms with Crippen LogP contribution >= 0.6 is 15.9 Å². The molecule has 0 radical (unpaired) electrons. The van der Waals surface area contributed by atoms with Crippen LogP contribution < -0.4 is 14.4 Å². The van der Waals surface area contributed by atoms with Crippen molar-refractivity contribution in [2.24, 2.45) is 0 Å². The lowest BCUT2D eigenvalue weighted by Gasteiger charge is -2.32. The molecule has 0 aliphatic heterocycles. The summed E-state index contributed by atoms with van der Waals surface area (Å²) in [5.41, 5.74) is 3.14. The molecule has 2 amide bonds. The molecule has 3 aromatic carbocycles. The molecule has 0 aromatic heterocycles. The number of sulfonamides is 1. The minimum absolute atomic E-state index is 0.00692. The van der Waals surface area contributed by atoms with Gasteiger partial charge < -0.3 is 15.0 Å². The number of carbonyl (C=O) groups is 2. The molecule has 0 fully saturated rings. The second-order valence-corrected chi connectivity index (χ2v) is 12.3. The van der Waals surface area contributed by atoms with Gasteiger partial charge in [-0.25, -0.2) is 8.42 Å². The highest BCUT2D eigenvalue weighted by Gasteiger charge is 2.32. The van der Waals surface area contributed by atoms with Crippen LogP contribution in [0.4, 0.5) is 5.69 Å². The van der Waals surface area contributed by atoms with Gasteiger partial charge in [0.25, 0.3) is 10.0 Å². The Bertz CT molecular complexity index is 1440.